The Labute approximate surface area is 109 Å². The topological polar surface area (TPSA) is 28.2 Å². The monoisotopic (exact) mass is 243 g/mol. The summed E-state index contributed by atoms with van der Waals surface area (Å²) >= 11 is 0. The normalized spacial score (nSPS) is 11.1. The van der Waals surface area contributed by atoms with Gasteiger partial charge in [-0.25, -0.2) is 0 Å². The second-order valence-electron chi connectivity index (χ2n) is 4.76. The maximum atomic E-state index is 4.65. The van der Waals surface area contributed by atoms with E-state index in [2.05, 4.69) is 60.5 Å². The number of hydrogen-bond acceptors (Lipinski definition) is 3. The van der Waals surface area contributed by atoms with Crippen LogP contribution in [0.25, 0.3) is 10.9 Å². The van der Waals surface area contributed by atoms with Gasteiger partial charge in [-0.15, -0.1) is 0 Å². The van der Waals surface area contributed by atoms with Crippen molar-refractivity contribution in [1.82, 2.24) is 9.88 Å². The molecule has 0 aliphatic carbocycles. The van der Waals surface area contributed by atoms with Crippen LogP contribution in [0.5, 0.6) is 0 Å². The van der Waals surface area contributed by atoms with E-state index in [-0.39, 0.29) is 0 Å². The molecule has 3 heteroatoms. The van der Waals surface area contributed by atoms with E-state index in [0.29, 0.717) is 0 Å². The van der Waals surface area contributed by atoms with Crippen molar-refractivity contribution in [2.75, 3.05) is 32.5 Å². The SMILES string of the molecule is CCc1cc(NCCN(C)C)c2ccccc2n1. The van der Waals surface area contributed by atoms with E-state index in [1.165, 1.54) is 11.1 Å². The van der Waals surface area contributed by atoms with E-state index >= 15 is 0 Å². The van der Waals surface area contributed by atoms with Gasteiger partial charge in [-0.1, -0.05) is 25.1 Å². The molecule has 0 unspecified atom stereocenters. The molecule has 0 radical (unpaired) electrons. The van der Waals surface area contributed by atoms with Gasteiger partial charge in [0.25, 0.3) is 0 Å². The van der Waals surface area contributed by atoms with Gasteiger partial charge in [-0.2, -0.15) is 0 Å². The fourth-order valence-corrected chi connectivity index (χ4v) is 1.97. The Morgan fingerprint density at radius 1 is 1.22 bits per heavy atom. The first kappa shape index (κ1) is 12.8. The van der Waals surface area contributed by atoms with Crippen LogP contribution in [0.2, 0.25) is 0 Å². The summed E-state index contributed by atoms with van der Waals surface area (Å²) in [5.74, 6) is 0. The van der Waals surface area contributed by atoms with Crippen molar-refractivity contribution in [2.45, 2.75) is 13.3 Å². The first-order valence-corrected chi connectivity index (χ1v) is 6.48. The van der Waals surface area contributed by atoms with Gasteiger partial charge >= 0.3 is 0 Å². The predicted molar refractivity (Wildman–Crippen MR) is 78.2 cm³/mol. The Morgan fingerprint density at radius 2 is 2.00 bits per heavy atom. The minimum absolute atomic E-state index is 0.949. The molecular weight excluding hydrogens is 222 g/mol. The quantitative estimate of drug-likeness (QED) is 0.875. The number of anilines is 1. The van der Waals surface area contributed by atoms with Gasteiger partial charge in [0.15, 0.2) is 0 Å². The maximum Gasteiger partial charge on any atom is 0.0726 e. The fraction of sp³-hybridized carbons (Fsp3) is 0.400. The number of fused-ring (bicyclic) bond motifs is 1. The molecule has 0 atom stereocenters. The molecule has 3 nitrogen and oxygen atoms in total. The number of para-hydroxylation sites is 1. The van der Waals surface area contributed by atoms with Crippen LogP contribution in [0.3, 0.4) is 0 Å². The van der Waals surface area contributed by atoms with E-state index in [0.717, 1.165) is 30.7 Å². The highest BCUT2D eigenvalue weighted by Crippen LogP contribution is 2.23. The molecule has 0 spiro atoms. The lowest BCUT2D eigenvalue weighted by molar-refractivity contribution is 0.425. The van der Waals surface area contributed by atoms with Crippen molar-refractivity contribution >= 4 is 16.6 Å². The van der Waals surface area contributed by atoms with Gasteiger partial charge in [0, 0.05) is 29.9 Å². The lowest BCUT2D eigenvalue weighted by Crippen LogP contribution is -2.21. The molecule has 0 saturated carbocycles. The van der Waals surface area contributed by atoms with Crippen LogP contribution in [-0.4, -0.2) is 37.1 Å². The van der Waals surface area contributed by atoms with Crippen molar-refractivity contribution < 1.29 is 0 Å². The second-order valence-corrected chi connectivity index (χ2v) is 4.76. The van der Waals surface area contributed by atoms with Crippen LogP contribution in [-0.2, 0) is 6.42 Å². The number of rotatable bonds is 5. The zero-order valence-electron chi connectivity index (χ0n) is 11.4. The number of benzene rings is 1. The van der Waals surface area contributed by atoms with Crippen molar-refractivity contribution in [1.29, 1.82) is 0 Å². The molecule has 2 rings (SSSR count). The van der Waals surface area contributed by atoms with Crippen molar-refractivity contribution in [3.63, 3.8) is 0 Å². The molecule has 0 amide bonds. The number of aryl methyl sites for hydroxylation is 1. The van der Waals surface area contributed by atoms with E-state index in [9.17, 15) is 0 Å². The van der Waals surface area contributed by atoms with E-state index in [1.807, 2.05) is 6.07 Å². The van der Waals surface area contributed by atoms with Gasteiger partial charge in [0.05, 0.1) is 5.52 Å². The summed E-state index contributed by atoms with van der Waals surface area (Å²) in [6, 6.07) is 10.5. The lowest BCUT2D eigenvalue weighted by atomic mass is 10.1. The smallest absolute Gasteiger partial charge is 0.0726 e. The van der Waals surface area contributed by atoms with Gasteiger partial charge in [-0.3, -0.25) is 4.98 Å². The Morgan fingerprint density at radius 3 is 2.72 bits per heavy atom. The van der Waals surface area contributed by atoms with Gasteiger partial charge in [0.1, 0.15) is 0 Å². The van der Waals surface area contributed by atoms with Crippen molar-refractivity contribution in [3.05, 3.63) is 36.0 Å². The third kappa shape index (κ3) is 2.99. The number of likely N-dealkylation sites (N-methyl/N-ethyl adjacent to an activating group) is 1. The molecule has 0 saturated heterocycles. The second kappa shape index (κ2) is 5.83. The highest BCUT2D eigenvalue weighted by atomic mass is 15.1. The summed E-state index contributed by atoms with van der Waals surface area (Å²) in [5, 5.41) is 4.71. The average Bonchev–Trinajstić information content (AvgIpc) is 2.38. The summed E-state index contributed by atoms with van der Waals surface area (Å²) in [5.41, 5.74) is 3.41. The van der Waals surface area contributed by atoms with Crippen molar-refractivity contribution in [3.8, 4) is 0 Å². The largest absolute Gasteiger partial charge is 0.383 e. The number of pyridine rings is 1. The Balaban J connectivity index is 2.29. The van der Waals surface area contributed by atoms with Gasteiger partial charge in [-0.05, 0) is 32.6 Å². The van der Waals surface area contributed by atoms with Crippen LogP contribution < -0.4 is 5.32 Å². The third-order valence-corrected chi connectivity index (χ3v) is 3.01. The van der Waals surface area contributed by atoms with E-state index in [1.54, 1.807) is 0 Å². The predicted octanol–water partition coefficient (Wildman–Crippen LogP) is 2.77. The minimum atomic E-state index is 0.949. The third-order valence-electron chi connectivity index (χ3n) is 3.01. The first-order valence-electron chi connectivity index (χ1n) is 6.48. The Kier molecular flexibility index (Phi) is 4.15. The zero-order chi connectivity index (χ0) is 13.0. The molecule has 1 heterocycles. The van der Waals surface area contributed by atoms with E-state index < -0.39 is 0 Å². The zero-order valence-corrected chi connectivity index (χ0v) is 11.4. The molecule has 1 aromatic carbocycles. The van der Waals surface area contributed by atoms with Crippen LogP contribution in [0.4, 0.5) is 5.69 Å². The highest BCUT2D eigenvalue weighted by Gasteiger charge is 2.04. The molecule has 1 aromatic heterocycles. The molecular formula is C15H21N3. The molecule has 18 heavy (non-hydrogen) atoms. The number of hydrogen-bond donors (Lipinski definition) is 1. The minimum Gasteiger partial charge on any atom is -0.383 e. The summed E-state index contributed by atoms with van der Waals surface area (Å²) in [6.45, 7) is 4.11. The Hall–Kier alpha value is -1.61. The average molecular weight is 243 g/mol. The maximum absolute atomic E-state index is 4.65. The van der Waals surface area contributed by atoms with Gasteiger partial charge in [0.2, 0.25) is 0 Å². The van der Waals surface area contributed by atoms with Crippen LogP contribution in [0, 0.1) is 0 Å². The highest BCUT2D eigenvalue weighted by molar-refractivity contribution is 5.91. The fourth-order valence-electron chi connectivity index (χ4n) is 1.97. The molecule has 0 fully saturated rings. The van der Waals surface area contributed by atoms with Crippen LogP contribution >= 0.6 is 0 Å². The molecule has 1 N–H and O–H groups in total. The number of aromatic nitrogens is 1. The summed E-state index contributed by atoms with van der Waals surface area (Å²) in [6.07, 6.45) is 0.965. The Bertz CT molecular complexity index is 520. The van der Waals surface area contributed by atoms with Crippen LogP contribution in [0.15, 0.2) is 30.3 Å². The first-order chi connectivity index (χ1) is 8.70. The van der Waals surface area contributed by atoms with Crippen molar-refractivity contribution in [2.24, 2.45) is 0 Å². The summed E-state index contributed by atoms with van der Waals surface area (Å²) < 4.78 is 0. The number of nitrogens with zero attached hydrogens (tertiary/aromatic N) is 2. The molecule has 2 aromatic rings. The summed E-state index contributed by atoms with van der Waals surface area (Å²) in [4.78, 5) is 6.82. The van der Waals surface area contributed by atoms with Crippen LogP contribution in [0.1, 0.15) is 12.6 Å². The standard InChI is InChI=1S/C15H21N3/c1-4-12-11-15(16-9-10-18(2)3)13-7-5-6-8-14(13)17-12/h5-8,11H,4,9-10H2,1-3H3,(H,16,17). The lowest BCUT2D eigenvalue weighted by Gasteiger charge is -2.14. The summed E-state index contributed by atoms with van der Waals surface area (Å²) in [7, 11) is 4.17. The molecule has 0 aliphatic rings. The molecule has 0 aliphatic heterocycles. The number of nitrogens with one attached hydrogen (secondary N) is 1. The molecule has 0 bridgehead atoms. The van der Waals surface area contributed by atoms with Gasteiger partial charge < -0.3 is 10.2 Å². The molecule has 96 valence electrons. The van der Waals surface area contributed by atoms with E-state index in [4.69, 9.17) is 0 Å².